The lowest BCUT2D eigenvalue weighted by Gasteiger charge is -2.28. The molecule has 41 heavy (non-hydrogen) atoms. The van der Waals surface area contributed by atoms with Crippen LogP contribution in [0.1, 0.15) is 109 Å². The average molecular weight is 593 g/mol. The van der Waals surface area contributed by atoms with E-state index in [1.807, 2.05) is 6.92 Å². The highest BCUT2D eigenvalue weighted by atomic mass is 19.2. The minimum Gasteiger partial charge on any atom is -0.487 e. The third kappa shape index (κ3) is 7.95. The Bertz CT molecular complexity index is 1100. The predicted octanol–water partition coefficient (Wildman–Crippen LogP) is 11.1. The van der Waals surface area contributed by atoms with Gasteiger partial charge in [-0.1, -0.05) is 90.9 Å². The van der Waals surface area contributed by atoms with Crippen molar-refractivity contribution in [1.29, 1.82) is 0 Å². The zero-order valence-electron chi connectivity index (χ0n) is 23.9. The van der Waals surface area contributed by atoms with Crippen LogP contribution >= 0.6 is 0 Å². The van der Waals surface area contributed by atoms with Gasteiger partial charge >= 0.3 is 0 Å². The maximum absolute atomic E-state index is 15.0. The second-order valence-corrected chi connectivity index (χ2v) is 11.3. The smallest absolute Gasteiger partial charge is 0.204 e. The van der Waals surface area contributed by atoms with E-state index in [2.05, 4.69) is 6.92 Å². The summed E-state index contributed by atoms with van der Waals surface area (Å²) in [6.07, 6.45) is 11.9. The first-order valence-corrected chi connectivity index (χ1v) is 15.0. The lowest BCUT2D eigenvalue weighted by Crippen LogP contribution is -2.16. The third-order valence-electron chi connectivity index (χ3n) is 8.31. The van der Waals surface area contributed by atoms with Crippen molar-refractivity contribution >= 4 is 0 Å². The number of hydrogen-bond acceptors (Lipinski definition) is 1. The van der Waals surface area contributed by atoms with Crippen LogP contribution in [0.5, 0.6) is 5.75 Å². The molecule has 2 aromatic rings. The Morgan fingerprint density at radius 2 is 0.951 bits per heavy atom. The molecular weight excluding hydrogens is 552 g/mol. The summed E-state index contributed by atoms with van der Waals surface area (Å²) < 4.78 is 124. The lowest BCUT2D eigenvalue weighted by atomic mass is 9.77. The summed E-state index contributed by atoms with van der Waals surface area (Å²) in [7, 11) is 0. The number of unbranched alkanes of at least 4 members (excludes halogenated alkanes) is 6. The fourth-order valence-electron chi connectivity index (χ4n) is 5.79. The Labute approximate surface area is 237 Å². The van der Waals surface area contributed by atoms with Gasteiger partial charge in [0, 0.05) is 5.56 Å². The molecule has 1 saturated carbocycles. The summed E-state index contributed by atoms with van der Waals surface area (Å²) in [4.78, 5) is 0. The van der Waals surface area contributed by atoms with Gasteiger partial charge in [-0.3, -0.25) is 0 Å². The quantitative estimate of drug-likeness (QED) is 0.114. The second kappa shape index (κ2) is 15.8. The van der Waals surface area contributed by atoms with Crippen LogP contribution in [-0.4, -0.2) is 6.61 Å². The Morgan fingerprint density at radius 1 is 0.512 bits per heavy atom. The molecule has 0 aliphatic heterocycles. The van der Waals surface area contributed by atoms with Crippen molar-refractivity contribution in [3.8, 4) is 16.9 Å². The van der Waals surface area contributed by atoms with Gasteiger partial charge < -0.3 is 4.74 Å². The fourth-order valence-corrected chi connectivity index (χ4v) is 5.79. The van der Waals surface area contributed by atoms with Gasteiger partial charge in [0.15, 0.2) is 40.7 Å². The molecule has 0 bridgehead atoms. The molecule has 0 radical (unpaired) electrons. The fraction of sp³-hybridized carbons (Fsp3) is 0.625. The molecule has 230 valence electrons. The number of ether oxygens (including phenoxy) is 1. The molecule has 0 saturated heterocycles. The number of benzene rings is 2. The van der Waals surface area contributed by atoms with Gasteiger partial charge in [-0.15, -0.1) is 0 Å². The average Bonchev–Trinajstić information content (AvgIpc) is 2.97. The molecule has 1 nitrogen and oxygen atoms in total. The minimum absolute atomic E-state index is 0.124. The first-order chi connectivity index (χ1) is 19.6. The van der Waals surface area contributed by atoms with Crippen molar-refractivity contribution < 1.29 is 39.9 Å². The number of halogens is 8. The molecule has 3 rings (SSSR count). The monoisotopic (exact) mass is 592 g/mol. The summed E-state index contributed by atoms with van der Waals surface area (Å²) in [5.74, 6) is -17.0. The number of hydrogen-bond donors (Lipinski definition) is 0. The van der Waals surface area contributed by atoms with Crippen LogP contribution < -0.4 is 4.74 Å². The molecule has 1 aliphatic carbocycles. The highest BCUT2D eigenvalue weighted by Crippen LogP contribution is 2.41. The molecule has 0 atom stereocenters. The van der Waals surface area contributed by atoms with E-state index >= 15 is 8.78 Å². The molecule has 0 unspecified atom stereocenters. The van der Waals surface area contributed by atoms with Crippen molar-refractivity contribution in [2.45, 2.75) is 110 Å². The Kier molecular flexibility index (Phi) is 12.8. The van der Waals surface area contributed by atoms with Gasteiger partial charge in [0.2, 0.25) is 11.6 Å². The molecule has 0 spiro atoms. The maximum Gasteiger partial charge on any atom is 0.204 e. The van der Waals surface area contributed by atoms with Crippen LogP contribution in [0.15, 0.2) is 0 Å². The summed E-state index contributed by atoms with van der Waals surface area (Å²) in [5, 5.41) is 0. The summed E-state index contributed by atoms with van der Waals surface area (Å²) in [6.45, 7) is 3.88. The lowest BCUT2D eigenvalue weighted by molar-refractivity contribution is 0.248. The molecule has 0 amide bonds. The van der Waals surface area contributed by atoms with Gasteiger partial charge in [-0.25, -0.2) is 26.3 Å². The van der Waals surface area contributed by atoms with Crippen LogP contribution in [-0.2, 0) is 6.42 Å². The molecule has 0 heterocycles. The van der Waals surface area contributed by atoms with Gasteiger partial charge in [0.1, 0.15) is 0 Å². The van der Waals surface area contributed by atoms with Crippen molar-refractivity contribution in [1.82, 2.24) is 0 Å². The Balaban J connectivity index is 1.78. The second-order valence-electron chi connectivity index (χ2n) is 11.3. The van der Waals surface area contributed by atoms with Crippen molar-refractivity contribution in [3.63, 3.8) is 0 Å². The normalized spacial score (nSPS) is 17.3. The van der Waals surface area contributed by atoms with E-state index in [0.29, 0.717) is 18.8 Å². The zero-order valence-corrected chi connectivity index (χ0v) is 23.9. The molecule has 9 heteroatoms. The molecule has 0 aromatic heterocycles. The molecule has 1 aliphatic rings. The van der Waals surface area contributed by atoms with Crippen molar-refractivity contribution in [2.24, 2.45) is 11.8 Å². The standard InChI is InChI=1S/C32H40F8O/c1-3-5-7-8-10-18-41-32-30(39)28(37)23(29(38)31(32)40)22-26(35)24(33)21(25(34)27(22)36)17-16-20-14-12-19(13-15-20)11-9-6-4-2/h19-20H,3-18H2,1-2H3. The van der Waals surface area contributed by atoms with E-state index in [1.165, 1.54) is 6.42 Å². The SMILES string of the molecule is CCCCCCCOc1c(F)c(F)c(-c2c(F)c(F)c(CCC3CCC(CCCCC)CC3)c(F)c2F)c(F)c1F. The predicted molar refractivity (Wildman–Crippen MR) is 144 cm³/mol. The summed E-state index contributed by atoms with van der Waals surface area (Å²) in [5.41, 5.74) is -4.59. The molecule has 1 fully saturated rings. The molecule has 0 N–H and O–H groups in total. The summed E-state index contributed by atoms with van der Waals surface area (Å²) in [6, 6.07) is 0. The van der Waals surface area contributed by atoms with E-state index in [4.69, 9.17) is 4.74 Å². The van der Waals surface area contributed by atoms with E-state index in [9.17, 15) is 26.3 Å². The van der Waals surface area contributed by atoms with Crippen LogP contribution in [0.25, 0.3) is 11.1 Å². The van der Waals surface area contributed by atoms with Gasteiger partial charge in [0.05, 0.1) is 17.7 Å². The number of rotatable bonds is 15. The summed E-state index contributed by atoms with van der Waals surface area (Å²) >= 11 is 0. The third-order valence-corrected chi connectivity index (χ3v) is 8.31. The Morgan fingerprint density at radius 3 is 1.46 bits per heavy atom. The molecule has 2 aromatic carbocycles. The maximum atomic E-state index is 15.0. The Hall–Kier alpha value is -2.32. The highest BCUT2D eigenvalue weighted by molar-refractivity contribution is 5.69. The van der Waals surface area contributed by atoms with Crippen molar-refractivity contribution in [2.75, 3.05) is 6.61 Å². The first-order valence-electron chi connectivity index (χ1n) is 15.0. The van der Waals surface area contributed by atoms with E-state index < -0.39 is 69.0 Å². The van der Waals surface area contributed by atoms with E-state index in [0.717, 1.165) is 64.2 Å². The molecular formula is C32H40F8O. The van der Waals surface area contributed by atoms with E-state index in [1.54, 1.807) is 0 Å². The topological polar surface area (TPSA) is 9.23 Å². The van der Waals surface area contributed by atoms with E-state index in [-0.39, 0.29) is 25.4 Å². The van der Waals surface area contributed by atoms with Gasteiger partial charge in [0.25, 0.3) is 0 Å². The van der Waals surface area contributed by atoms with Gasteiger partial charge in [-0.05, 0) is 31.1 Å². The zero-order chi connectivity index (χ0) is 30.1. The highest BCUT2D eigenvalue weighted by Gasteiger charge is 2.35. The van der Waals surface area contributed by atoms with Crippen molar-refractivity contribution in [3.05, 3.63) is 52.1 Å². The van der Waals surface area contributed by atoms with Crippen LogP contribution in [0.4, 0.5) is 35.1 Å². The van der Waals surface area contributed by atoms with Gasteiger partial charge in [-0.2, -0.15) is 8.78 Å². The minimum atomic E-state index is -2.20. The van der Waals surface area contributed by atoms with Crippen LogP contribution in [0.3, 0.4) is 0 Å². The van der Waals surface area contributed by atoms with Crippen LogP contribution in [0.2, 0.25) is 0 Å². The van der Waals surface area contributed by atoms with Crippen LogP contribution in [0, 0.1) is 58.4 Å². The first kappa shape index (κ1) is 33.2. The largest absolute Gasteiger partial charge is 0.487 e.